The van der Waals surface area contributed by atoms with E-state index in [1.807, 2.05) is 6.92 Å². The van der Waals surface area contributed by atoms with Crippen LogP contribution >= 0.6 is 11.3 Å². The summed E-state index contributed by atoms with van der Waals surface area (Å²) in [6.07, 6.45) is 4.86. The zero-order valence-corrected chi connectivity index (χ0v) is 15.7. The SMILES string of the molecule is Cc1c(C(=O)NCC2CCCc3ccccc32)sc2ncn(C)c(=O)c12. The Kier molecular flexibility index (Phi) is 4.36. The summed E-state index contributed by atoms with van der Waals surface area (Å²) in [6.45, 7) is 2.45. The maximum atomic E-state index is 12.7. The van der Waals surface area contributed by atoms with Gasteiger partial charge in [0.25, 0.3) is 11.5 Å². The van der Waals surface area contributed by atoms with Crippen LogP contribution in [-0.2, 0) is 13.5 Å². The molecule has 6 heteroatoms. The Hall–Kier alpha value is -2.47. The van der Waals surface area contributed by atoms with E-state index in [0.29, 0.717) is 27.6 Å². The average Bonchev–Trinajstić information content (AvgIpc) is 3.00. The maximum absolute atomic E-state index is 12.7. The lowest BCUT2D eigenvalue weighted by atomic mass is 9.83. The minimum atomic E-state index is -0.115. The molecule has 1 N–H and O–H groups in total. The van der Waals surface area contributed by atoms with Crippen LogP contribution in [0.2, 0.25) is 0 Å². The van der Waals surface area contributed by atoms with Crippen LogP contribution in [0.1, 0.15) is 45.1 Å². The fourth-order valence-electron chi connectivity index (χ4n) is 3.79. The number of benzene rings is 1. The van der Waals surface area contributed by atoms with Crippen LogP contribution in [-0.4, -0.2) is 22.0 Å². The van der Waals surface area contributed by atoms with Crippen molar-refractivity contribution in [2.75, 3.05) is 6.54 Å². The zero-order chi connectivity index (χ0) is 18.3. The summed E-state index contributed by atoms with van der Waals surface area (Å²) in [7, 11) is 1.67. The highest BCUT2D eigenvalue weighted by Gasteiger charge is 2.23. The van der Waals surface area contributed by atoms with Crippen molar-refractivity contribution in [1.29, 1.82) is 0 Å². The molecule has 3 aromatic rings. The number of nitrogens with zero attached hydrogens (tertiary/aromatic N) is 2. The molecule has 134 valence electrons. The van der Waals surface area contributed by atoms with E-state index in [0.717, 1.165) is 24.8 Å². The molecule has 4 rings (SSSR count). The Morgan fingerprint density at radius 3 is 3.04 bits per heavy atom. The van der Waals surface area contributed by atoms with Crippen molar-refractivity contribution in [2.24, 2.45) is 7.05 Å². The first kappa shape index (κ1) is 17.0. The van der Waals surface area contributed by atoms with Crippen LogP contribution in [0, 0.1) is 6.92 Å². The zero-order valence-electron chi connectivity index (χ0n) is 14.9. The van der Waals surface area contributed by atoms with Crippen molar-refractivity contribution in [2.45, 2.75) is 32.1 Å². The quantitative estimate of drug-likeness (QED) is 0.773. The molecule has 0 bridgehead atoms. The van der Waals surface area contributed by atoms with Crippen LogP contribution in [0.3, 0.4) is 0 Å². The van der Waals surface area contributed by atoms with Gasteiger partial charge in [0.1, 0.15) is 4.83 Å². The average molecular weight is 367 g/mol. The second-order valence-corrected chi connectivity index (χ2v) is 7.89. The molecule has 1 amide bonds. The lowest BCUT2D eigenvalue weighted by Crippen LogP contribution is -2.29. The van der Waals surface area contributed by atoms with E-state index in [9.17, 15) is 9.59 Å². The van der Waals surface area contributed by atoms with E-state index in [-0.39, 0.29) is 11.5 Å². The summed E-state index contributed by atoms with van der Waals surface area (Å²) in [6, 6.07) is 8.49. The van der Waals surface area contributed by atoms with Gasteiger partial charge >= 0.3 is 0 Å². The van der Waals surface area contributed by atoms with Gasteiger partial charge in [-0.25, -0.2) is 4.98 Å². The molecule has 0 saturated carbocycles. The standard InChI is InChI=1S/C20H21N3O2S/c1-12-16-19(22-11-23(2)20(16)25)26-17(12)18(24)21-10-14-8-5-7-13-6-3-4-9-15(13)14/h3-4,6,9,11,14H,5,7-8,10H2,1-2H3,(H,21,24). The fraction of sp³-hybridized carbons (Fsp3) is 0.350. The van der Waals surface area contributed by atoms with Crippen molar-refractivity contribution < 1.29 is 4.79 Å². The molecule has 1 atom stereocenters. The summed E-state index contributed by atoms with van der Waals surface area (Å²) in [4.78, 5) is 30.6. The molecule has 26 heavy (non-hydrogen) atoms. The first-order valence-electron chi connectivity index (χ1n) is 8.87. The number of fused-ring (bicyclic) bond motifs is 2. The predicted octanol–water partition coefficient (Wildman–Crippen LogP) is 3.15. The Bertz CT molecular complexity index is 1050. The van der Waals surface area contributed by atoms with Gasteiger partial charge in [-0.05, 0) is 42.9 Å². The van der Waals surface area contributed by atoms with Crippen molar-refractivity contribution in [1.82, 2.24) is 14.9 Å². The molecule has 0 aliphatic heterocycles. The van der Waals surface area contributed by atoms with Gasteiger partial charge in [0.05, 0.1) is 16.6 Å². The van der Waals surface area contributed by atoms with Crippen molar-refractivity contribution >= 4 is 27.5 Å². The predicted molar refractivity (Wildman–Crippen MR) is 104 cm³/mol. The summed E-state index contributed by atoms with van der Waals surface area (Å²) in [5, 5.41) is 3.63. The maximum Gasteiger partial charge on any atom is 0.262 e. The highest BCUT2D eigenvalue weighted by atomic mass is 32.1. The summed E-state index contributed by atoms with van der Waals surface area (Å²) < 4.78 is 1.45. The molecule has 1 aliphatic rings. The molecular weight excluding hydrogens is 346 g/mol. The van der Waals surface area contributed by atoms with Crippen LogP contribution in [0.25, 0.3) is 10.2 Å². The highest BCUT2D eigenvalue weighted by molar-refractivity contribution is 7.20. The second-order valence-electron chi connectivity index (χ2n) is 6.89. The number of hydrogen-bond acceptors (Lipinski definition) is 4. The van der Waals surface area contributed by atoms with Crippen molar-refractivity contribution in [3.63, 3.8) is 0 Å². The van der Waals surface area contributed by atoms with E-state index in [2.05, 4.69) is 34.6 Å². The molecule has 5 nitrogen and oxygen atoms in total. The number of hydrogen-bond donors (Lipinski definition) is 1. The first-order chi connectivity index (χ1) is 12.6. The normalized spacial score (nSPS) is 16.5. The first-order valence-corrected chi connectivity index (χ1v) is 9.68. The third-order valence-electron chi connectivity index (χ3n) is 5.22. The van der Waals surface area contributed by atoms with Gasteiger partial charge in [0, 0.05) is 19.5 Å². The molecule has 1 unspecified atom stereocenters. The molecule has 0 spiro atoms. The smallest absolute Gasteiger partial charge is 0.262 e. The summed E-state index contributed by atoms with van der Waals surface area (Å²) in [5.74, 6) is 0.236. The van der Waals surface area contributed by atoms with E-state index in [1.165, 1.54) is 33.4 Å². The molecule has 2 aromatic heterocycles. The Morgan fingerprint density at radius 1 is 1.38 bits per heavy atom. The highest BCUT2D eigenvalue weighted by Crippen LogP contribution is 2.31. The molecular formula is C20H21N3O2S. The number of carbonyl (C=O) groups excluding carboxylic acids is 1. The molecule has 2 heterocycles. The number of aryl methyl sites for hydroxylation is 3. The van der Waals surface area contributed by atoms with Crippen LogP contribution in [0.4, 0.5) is 0 Å². The van der Waals surface area contributed by atoms with Gasteiger partial charge < -0.3 is 9.88 Å². The topological polar surface area (TPSA) is 64.0 Å². The number of amides is 1. The molecule has 1 aromatic carbocycles. The minimum absolute atomic E-state index is 0.107. The number of aromatic nitrogens is 2. The Balaban J connectivity index is 1.57. The van der Waals surface area contributed by atoms with Crippen LogP contribution < -0.4 is 10.9 Å². The second kappa shape index (κ2) is 6.68. The molecule has 1 aliphatic carbocycles. The van der Waals surface area contributed by atoms with E-state index >= 15 is 0 Å². The Labute approximate surface area is 155 Å². The minimum Gasteiger partial charge on any atom is -0.351 e. The van der Waals surface area contributed by atoms with Crippen LogP contribution in [0.15, 0.2) is 35.4 Å². The van der Waals surface area contributed by atoms with Crippen LogP contribution in [0.5, 0.6) is 0 Å². The number of rotatable bonds is 3. The van der Waals surface area contributed by atoms with E-state index in [1.54, 1.807) is 7.05 Å². The number of thiophene rings is 1. The summed E-state index contributed by atoms with van der Waals surface area (Å²) >= 11 is 1.29. The monoisotopic (exact) mass is 367 g/mol. The van der Waals surface area contributed by atoms with Gasteiger partial charge in [-0.3, -0.25) is 9.59 Å². The van der Waals surface area contributed by atoms with Gasteiger partial charge in [-0.1, -0.05) is 24.3 Å². The van der Waals surface area contributed by atoms with Gasteiger partial charge in [-0.15, -0.1) is 11.3 Å². The van der Waals surface area contributed by atoms with Crippen molar-refractivity contribution in [3.8, 4) is 0 Å². The van der Waals surface area contributed by atoms with E-state index in [4.69, 9.17) is 0 Å². The van der Waals surface area contributed by atoms with Gasteiger partial charge in [0.2, 0.25) is 0 Å². The molecule has 0 fully saturated rings. The largest absolute Gasteiger partial charge is 0.351 e. The number of carbonyl (C=O) groups is 1. The molecule has 0 saturated heterocycles. The van der Waals surface area contributed by atoms with Gasteiger partial charge in [0.15, 0.2) is 0 Å². The van der Waals surface area contributed by atoms with Crippen molar-refractivity contribution in [3.05, 3.63) is 62.5 Å². The Morgan fingerprint density at radius 2 is 2.19 bits per heavy atom. The molecule has 0 radical (unpaired) electrons. The van der Waals surface area contributed by atoms with Gasteiger partial charge in [-0.2, -0.15) is 0 Å². The van der Waals surface area contributed by atoms with E-state index < -0.39 is 0 Å². The lowest BCUT2D eigenvalue weighted by Gasteiger charge is -2.25. The lowest BCUT2D eigenvalue weighted by molar-refractivity contribution is 0.0954. The number of nitrogens with one attached hydrogen (secondary N) is 1. The summed E-state index contributed by atoms with van der Waals surface area (Å²) in [5.41, 5.74) is 3.36. The third kappa shape index (κ3) is 2.84. The third-order valence-corrected chi connectivity index (χ3v) is 6.42. The fourth-order valence-corrected chi connectivity index (χ4v) is 4.84.